The third kappa shape index (κ3) is 4.94. The van der Waals surface area contributed by atoms with Crippen LogP contribution in [-0.2, 0) is 0 Å². The Morgan fingerprint density at radius 3 is 2.82 bits per heavy atom. The monoisotopic (exact) mass is 242 g/mol. The molecular weight excluding hydrogens is 212 g/mol. The van der Waals surface area contributed by atoms with Crippen LogP contribution in [0.4, 0.5) is 0 Å². The highest BCUT2D eigenvalue weighted by molar-refractivity contribution is 4.82. The highest BCUT2D eigenvalue weighted by atomic mass is 16.3. The molecule has 17 heavy (non-hydrogen) atoms. The topological polar surface area (TPSA) is 35.5 Å². The van der Waals surface area contributed by atoms with E-state index in [2.05, 4.69) is 24.1 Å². The molecule has 0 aromatic carbocycles. The van der Waals surface area contributed by atoms with Crippen molar-refractivity contribution in [2.24, 2.45) is 11.3 Å². The van der Waals surface area contributed by atoms with E-state index in [1.807, 2.05) is 7.05 Å². The van der Waals surface area contributed by atoms with Gasteiger partial charge in [-0.2, -0.15) is 0 Å². The van der Waals surface area contributed by atoms with Gasteiger partial charge in [0.15, 0.2) is 0 Å². The summed E-state index contributed by atoms with van der Waals surface area (Å²) in [6, 6.07) is 0. The first-order valence-electron chi connectivity index (χ1n) is 7.11. The molecule has 0 spiro atoms. The van der Waals surface area contributed by atoms with Gasteiger partial charge in [-0.3, -0.25) is 0 Å². The Morgan fingerprint density at radius 2 is 2.24 bits per heavy atom. The molecule has 0 aromatic rings. The van der Waals surface area contributed by atoms with Crippen molar-refractivity contribution >= 4 is 0 Å². The van der Waals surface area contributed by atoms with Crippen LogP contribution in [0.15, 0.2) is 0 Å². The molecule has 1 heterocycles. The van der Waals surface area contributed by atoms with Crippen LogP contribution in [0.2, 0.25) is 0 Å². The summed E-state index contributed by atoms with van der Waals surface area (Å²) >= 11 is 0. The third-order valence-corrected chi connectivity index (χ3v) is 4.20. The van der Waals surface area contributed by atoms with Crippen molar-refractivity contribution in [3.8, 4) is 0 Å². The lowest BCUT2D eigenvalue weighted by Gasteiger charge is -2.39. The molecule has 0 amide bonds. The number of aliphatic hydroxyl groups excluding tert-OH is 1. The smallest absolute Gasteiger partial charge is 0.0434 e. The maximum absolute atomic E-state index is 9.04. The summed E-state index contributed by atoms with van der Waals surface area (Å²) in [7, 11) is 2.04. The standard InChI is InChI=1S/C14H30N2O/c1-4-14(2,11-15-3)12-16-8-5-6-13(10-16)7-9-17/h13,15,17H,4-12H2,1-3H3. The summed E-state index contributed by atoms with van der Waals surface area (Å²) in [5, 5.41) is 12.4. The van der Waals surface area contributed by atoms with Gasteiger partial charge in [-0.15, -0.1) is 0 Å². The van der Waals surface area contributed by atoms with Crippen LogP contribution in [0.5, 0.6) is 0 Å². The van der Waals surface area contributed by atoms with Gasteiger partial charge in [0.25, 0.3) is 0 Å². The zero-order chi connectivity index (χ0) is 12.7. The SMILES string of the molecule is CCC(C)(CNC)CN1CCCC(CCO)C1. The van der Waals surface area contributed by atoms with E-state index in [9.17, 15) is 0 Å². The van der Waals surface area contributed by atoms with Crippen molar-refractivity contribution in [1.82, 2.24) is 10.2 Å². The Hall–Kier alpha value is -0.120. The molecule has 1 aliphatic heterocycles. The van der Waals surface area contributed by atoms with Crippen molar-refractivity contribution in [2.45, 2.75) is 39.5 Å². The van der Waals surface area contributed by atoms with Crippen LogP contribution in [0.1, 0.15) is 39.5 Å². The number of likely N-dealkylation sites (tertiary alicyclic amines) is 1. The first kappa shape index (κ1) is 14.9. The third-order valence-electron chi connectivity index (χ3n) is 4.20. The molecule has 3 heteroatoms. The Balaban J connectivity index is 2.43. The summed E-state index contributed by atoms with van der Waals surface area (Å²) < 4.78 is 0. The van der Waals surface area contributed by atoms with Crippen molar-refractivity contribution in [1.29, 1.82) is 0 Å². The number of nitrogens with one attached hydrogen (secondary N) is 1. The molecule has 0 aromatic heterocycles. The zero-order valence-electron chi connectivity index (χ0n) is 11.8. The number of nitrogens with zero attached hydrogens (tertiary/aromatic N) is 1. The van der Waals surface area contributed by atoms with Crippen LogP contribution in [0.3, 0.4) is 0 Å². The number of hydrogen-bond acceptors (Lipinski definition) is 3. The van der Waals surface area contributed by atoms with Crippen LogP contribution < -0.4 is 5.32 Å². The van der Waals surface area contributed by atoms with Crippen LogP contribution in [0, 0.1) is 11.3 Å². The van der Waals surface area contributed by atoms with Crippen molar-refractivity contribution < 1.29 is 5.11 Å². The fourth-order valence-electron chi connectivity index (χ4n) is 2.97. The maximum atomic E-state index is 9.04. The summed E-state index contributed by atoms with van der Waals surface area (Å²) in [4.78, 5) is 2.60. The maximum Gasteiger partial charge on any atom is 0.0434 e. The fraction of sp³-hybridized carbons (Fsp3) is 1.00. The van der Waals surface area contributed by atoms with Gasteiger partial charge in [0.1, 0.15) is 0 Å². The van der Waals surface area contributed by atoms with Gasteiger partial charge < -0.3 is 15.3 Å². The molecular formula is C14H30N2O. The molecule has 1 aliphatic rings. The van der Waals surface area contributed by atoms with Crippen LogP contribution >= 0.6 is 0 Å². The second kappa shape index (κ2) is 7.34. The van der Waals surface area contributed by atoms with E-state index in [1.54, 1.807) is 0 Å². The molecule has 1 saturated heterocycles. The number of hydrogen-bond donors (Lipinski definition) is 2. The van der Waals surface area contributed by atoms with E-state index in [-0.39, 0.29) is 0 Å². The lowest BCUT2D eigenvalue weighted by atomic mass is 9.85. The summed E-state index contributed by atoms with van der Waals surface area (Å²) in [5.41, 5.74) is 0.385. The van der Waals surface area contributed by atoms with Crippen molar-refractivity contribution in [2.75, 3.05) is 39.8 Å². The Labute approximate surface area is 107 Å². The molecule has 1 rings (SSSR count). The average molecular weight is 242 g/mol. The molecule has 0 aliphatic carbocycles. The molecule has 2 N–H and O–H groups in total. The lowest BCUT2D eigenvalue weighted by molar-refractivity contribution is 0.0977. The predicted molar refractivity (Wildman–Crippen MR) is 73.2 cm³/mol. The summed E-state index contributed by atoms with van der Waals surface area (Å²) in [6.07, 6.45) is 4.79. The first-order valence-corrected chi connectivity index (χ1v) is 7.11. The molecule has 0 saturated carbocycles. The van der Waals surface area contributed by atoms with Gasteiger partial charge in [-0.25, -0.2) is 0 Å². The van der Waals surface area contributed by atoms with Gasteiger partial charge in [0.2, 0.25) is 0 Å². The Morgan fingerprint density at radius 1 is 1.47 bits per heavy atom. The quantitative estimate of drug-likeness (QED) is 0.713. The van der Waals surface area contributed by atoms with E-state index in [0.29, 0.717) is 17.9 Å². The minimum Gasteiger partial charge on any atom is -0.396 e. The molecule has 102 valence electrons. The average Bonchev–Trinajstić information content (AvgIpc) is 2.30. The van der Waals surface area contributed by atoms with E-state index in [1.165, 1.54) is 38.9 Å². The van der Waals surface area contributed by atoms with Gasteiger partial charge >= 0.3 is 0 Å². The first-order chi connectivity index (χ1) is 8.13. The van der Waals surface area contributed by atoms with E-state index in [0.717, 1.165) is 13.0 Å². The predicted octanol–water partition coefficient (Wildman–Crippen LogP) is 1.72. The van der Waals surface area contributed by atoms with E-state index in [4.69, 9.17) is 5.11 Å². The van der Waals surface area contributed by atoms with Crippen LogP contribution in [0.25, 0.3) is 0 Å². The second-order valence-corrected chi connectivity index (χ2v) is 5.95. The molecule has 3 nitrogen and oxygen atoms in total. The van der Waals surface area contributed by atoms with Crippen molar-refractivity contribution in [3.05, 3.63) is 0 Å². The second-order valence-electron chi connectivity index (χ2n) is 5.95. The molecule has 0 bridgehead atoms. The normalized spacial score (nSPS) is 25.8. The zero-order valence-corrected chi connectivity index (χ0v) is 11.8. The highest BCUT2D eigenvalue weighted by Crippen LogP contribution is 2.26. The molecule has 0 radical (unpaired) electrons. The highest BCUT2D eigenvalue weighted by Gasteiger charge is 2.27. The fourth-order valence-corrected chi connectivity index (χ4v) is 2.97. The number of rotatable bonds is 7. The van der Waals surface area contributed by atoms with Gasteiger partial charge in [0, 0.05) is 26.2 Å². The van der Waals surface area contributed by atoms with Gasteiger partial charge in [-0.1, -0.05) is 13.8 Å². The largest absolute Gasteiger partial charge is 0.396 e. The van der Waals surface area contributed by atoms with Crippen molar-refractivity contribution in [3.63, 3.8) is 0 Å². The Bertz CT molecular complexity index is 208. The van der Waals surface area contributed by atoms with Gasteiger partial charge in [0.05, 0.1) is 0 Å². The molecule has 1 fully saturated rings. The Kier molecular flexibility index (Phi) is 6.45. The van der Waals surface area contributed by atoms with Crippen LogP contribution in [-0.4, -0.2) is 49.8 Å². The summed E-state index contributed by atoms with van der Waals surface area (Å²) in [5.74, 6) is 0.712. The van der Waals surface area contributed by atoms with E-state index >= 15 is 0 Å². The number of piperidine rings is 1. The molecule has 2 atom stereocenters. The minimum absolute atomic E-state index is 0.347. The summed E-state index contributed by atoms with van der Waals surface area (Å²) in [6.45, 7) is 9.70. The lowest BCUT2D eigenvalue weighted by Crippen LogP contribution is -2.45. The minimum atomic E-state index is 0.347. The molecule has 2 unspecified atom stereocenters. The van der Waals surface area contributed by atoms with Gasteiger partial charge in [-0.05, 0) is 50.6 Å². The van der Waals surface area contributed by atoms with E-state index < -0.39 is 0 Å². The number of aliphatic hydroxyl groups is 1.